The molecular formula is C13H17N3O3. The molecular weight excluding hydrogens is 246 g/mol. The van der Waals surface area contributed by atoms with E-state index in [1.807, 2.05) is 12.1 Å². The third-order valence-electron chi connectivity index (χ3n) is 3.01. The Morgan fingerprint density at radius 3 is 2.84 bits per heavy atom. The fourth-order valence-corrected chi connectivity index (χ4v) is 1.70. The summed E-state index contributed by atoms with van der Waals surface area (Å²) < 4.78 is 0. The van der Waals surface area contributed by atoms with Crippen molar-refractivity contribution in [3.63, 3.8) is 0 Å². The Morgan fingerprint density at radius 2 is 2.21 bits per heavy atom. The Balaban J connectivity index is 1.90. The van der Waals surface area contributed by atoms with E-state index in [2.05, 4.69) is 10.3 Å². The summed E-state index contributed by atoms with van der Waals surface area (Å²) in [6, 6.07) is 5.21. The highest BCUT2D eigenvalue weighted by Gasteiger charge is 2.25. The number of aromatic nitrogens is 1. The number of pyridine rings is 1. The Bertz CT molecular complexity index is 486. The first-order chi connectivity index (χ1) is 9.06. The van der Waals surface area contributed by atoms with Crippen LogP contribution in [-0.2, 0) is 4.79 Å². The van der Waals surface area contributed by atoms with Crippen LogP contribution in [0.4, 0.5) is 10.6 Å². The van der Waals surface area contributed by atoms with Crippen LogP contribution in [-0.4, -0.2) is 40.6 Å². The van der Waals surface area contributed by atoms with E-state index in [1.54, 1.807) is 13.1 Å². The molecule has 0 spiro atoms. The second kappa shape index (κ2) is 5.69. The molecule has 1 aromatic heterocycles. The number of carboxylic acid groups (broad SMARTS) is 1. The molecule has 102 valence electrons. The maximum atomic E-state index is 11.8. The lowest BCUT2D eigenvalue weighted by atomic mass is 10.2. The predicted molar refractivity (Wildman–Crippen MR) is 70.1 cm³/mol. The van der Waals surface area contributed by atoms with Crippen LogP contribution < -0.4 is 5.32 Å². The summed E-state index contributed by atoms with van der Waals surface area (Å²) in [7, 11) is 1.56. The largest absolute Gasteiger partial charge is 0.481 e. The Kier molecular flexibility index (Phi) is 3.99. The molecule has 2 amide bonds. The zero-order valence-corrected chi connectivity index (χ0v) is 10.8. The second-order valence-electron chi connectivity index (χ2n) is 4.72. The lowest BCUT2D eigenvalue weighted by molar-refractivity contribution is -0.137. The van der Waals surface area contributed by atoms with Crippen LogP contribution in [0, 0.1) is 0 Å². The van der Waals surface area contributed by atoms with Gasteiger partial charge in [-0.25, -0.2) is 9.78 Å². The van der Waals surface area contributed by atoms with Crippen LogP contribution in [0.25, 0.3) is 0 Å². The quantitative estimate of drug-likeness (QED) is 0.850. The molecule has 1 fully saturated rings. The van der Waals surface area contributed by atoms with Crippen LogP contribution >= 0.6 is 0 Å². The van der Waals surface area contributed by atoms with Crippen molar-refractivity contribution in [1.82, 2.24) is 9.88 Å². The van der Waals surface area contributed by atoms with E-state index in [0.29, 0.717) is 11.7 Å². The molecule has 19 heavy (non-hydrogen) atoms. The van der Waals surface area contributed by atoms with E-state index in [1.165, 1.54) is 4.90 Å². The molecule has 1 aliphatic rings. The highest BCUT2D eigenvalue weighted by Crippen LogP contribution is 2.39. The van der Waals surface area contributed by atoms with Gasteiger partial charge in [0.2, 0.25) is 0 Å². The third kappa shape index (κ3) is 3.94. The van der Waals surface area contributed by atoms with Crippen molar-refractivity contribution in [2.45, 2.75) is 25.2 Å². The topological polar surface area (TPSA) is 82.5 Å². The van der Waals surface area contributed by atoms with Gasteiger partial charge in [-0.1, -0.05) is 6.07 Å². The number of carboxylic acids is 1. The number of rotatable bonds is 5. The van der Waals surface area contributed by atoms with Crippen LogP contribution in [0.1, 0.15) is 30.9 Å². The third-order valence-corrected chi connectivity index (χ3v) is 3.01. The van der Waals surface area contributed by atoms with Crippen molar-refractivity contribution in [3.8, 4) is 0 Å². The number of carbonyl (C=O) groups is 2. The first kappa shape index (κ1) is 13.3. The normalized spacial score (nSPS) is 13.9. The minimum Gasteiger partial charge on any atom is -0.481 e. The number of nitrogens with one attached hydrogen (secondary N) is 1. The lowest BCUT2D eigenvalue weighted by Crippen LogP contribution is -2.33. The minimum absolute atomic E-state index is 0.0700. The van der Waals surface area contributed by atoms with Crippen LogP contribution in [0.5, 0.6) is 0 Å². The molecule has 6 heteroatoms. The van der Waals surface area contributed by atoms with Crippen LogP contribution in [0.2, 0.25) is 0 Å². The van der Waals surface area contributed by atoms with Crippen molar-refractivity contribution in [1.29, 1.82) is 0 Å². The number of urea groups is 1. The maximum Gasteiger partial charge on any atom is 0.322 e. The lowest BCUT2D eigenvalue weighted by Gasteiger charge is -2.16. The molecule has 2 rings (SSSR count). The van der Waals surface area contributed by atoms with Gasteiger partial charge >= 0.3 is 12.0 Å². The number of amides is 2. The smallest absolute Gasteiger partial charge is 0.322 e. The second-order valence-corrected chi connectivity index (χ2v) is 4.72. The molecule has 0 saturated heterocycles. The van der Waals surface area contributed by atoms with Crippen molar-refractivity contribution in [2.75, 3.05) is 18.9 Å². The molecule has 1 heterocycles. The zero-order chi connectivity index (χ0) is 13.8. The van der Waals surface area contributed by atoms with E-state index in [-0.39, 0.29) is 19.0 Å². The molecule has 0 radical (unpaired) electrons. The van der Waals surface area contributed by atoms with Crippen LogP contribution in [0.3, 0.4) is 0 Å². The Hall–Kier alpha value is -2.11. The molecule has 2 N–H and O–H groups in total. The summed E-state index contributed by atoms with van der Waals surface area (Å²) in [6.07, 6.45) is 2.24. The molecule has 0 aromatic carbocycles. The van der Waals surface area contributed by atoms with E-state index in [9.17, 15) is 9.59 Å². The van der Waals surface area contributed by atoms with Gasteiger partial charge < -0.3 is 10.0 Å². The standard InChI is InChI=1S/C13H17N3O3/c1-16(8-7-12(17)18)13(19)15-11-4-2-3-10(14-11)9-5-6-9/h2-4,9H,5-8H2,1H3,(H,17,18)(H,14,15,19). The van der Waals surface area contributed by atoms with Crippen molar-refractivity contribution in [2.24, 2.45) is 0 Å². The van der Waals surface area contributed by atoms with Crippen molar-refractivity contribution >= 4 is 17.8 Å². The summed E-state index contributed by atoms with van der Waals surface area (Å²) in [4.78, 5) is 28.0. The van der Waals surface area contributed by atoms with E-state index >= 15 is 0 Å². The number of carbonyl (C=O) groups excluding carboxylic acids is 1. The van der Waals surface area contributed by atoms with Gasteiger partial charge in [-0.05, 0) is 25.0 Å². The van der Waals surface area contributed by atoms with Gasteiger partial charge in [-0.15, -0.1) is 0 Å². The van der Waals surface area contributed by atoms with Gasteiger partial charge in [-0.2, -0.15) is 0 Å². The minimum atomic E-state index is -0.923. The van der Waals surface area contributed by atoms with Gasteiger partial charge in [-0.3, -0.25) is 10.1 Å². The summed E-state index contributed by atoms with van der Waals surface area (Å²) >= 11 is 0. The van der Waals surface area contributed by atoms with Crippen LogP contribution in [0.15, 0.2) is 18.2 Å². The number of aliphatic carboxylic acids is 1. The number of hydrogen-bond donors (Lipinski definition) is 2. The highest BCUT2D eigenvalue weighted by molar-refractivity contribution is 5.88. The summed E-state index contributed by atoms with van der Waals surface area (Å²) in [5, 5.41) is 11.2. The SMILES string of the molecule is CN(CCC(=O)O)C(=O)Nc1cccc(C2CC2)n1. The molecule has 0 bridgehead atoms. The fraction of sp³-hybridized carbons (Fsp3) is 0.462. The number of hydrogen-bond acceptors (Lipinski definition) is 3. The number of nitrogens with zero attached hydrogens (tertiary/aromatic N) is 2. The van der Waals surface area contributed by atoms with Gasteiger partial charge in [0.15, 0.2) is 0 Å². The van der Waals surface area contributed by atoms with Gasteiger partial charge in [0.25, 0.3) is 0 Å². The van der Waals surface area contributed by atoms with E-state index in [0.717, 1.165) is 18.5 Å². The molecule has 1 aliphatic carbocycles. The average Bonchev–Trinajstić information content (AvgIpc) is 3.20. The molecule has 6 nitrogen and oxygen atoms in total. The van der Waals surface area contributed by atoms with Crippen molar-refractivity contribution < 1.29 is 14.7 Å². The Labute approximate surface area is 111 Å². The first-order valence-corrected chi connectivity index (χ1v) is 6.27. The van der Waals surface area contributed by atoms with Gasteiger partial charge in [0.1, 0.15) is 5.82 Å². The summed E-state index contributed by atoms with van der Waals surface area (Å²) in [5.41, 5.74) is 1.01. The van der Waals surface area contributed by atoms with Gasteiger partial charge in [0, 0.05) is 25.2 Å². The van der Waals surface area contributed by atoms with E-state index in [4.69, 9.17) is 5.11 Å². The van der Waals surface area contributed by atoms with E-state index < -0.39 is 5.97 Å². The molecule has 0 aliphatic heterocycles. The number of anilines is 1. The monoisotopic (exact) mass is 263 g/mol. The Morgan fingerprint density at radius 1 is 1.47 bits per heavy atom. The zero-order valence-electron chi connectivity index (χ0n) is 10.8. The maximum absolute atomic E-state index is 11.8. The average molecular weight is 263 g/mol. The fourth-order valence-electron chi connectivity index (χ4n) is 1.70. The van der Waals surface area contributed by atoms with Crippen molar-refractivity contribution in [3.05, 3.63) is 23.9 Å². The molecule has 0 atom stereocenters. The highest BCUT2D eigenvalue weighted by atomic mass is 16.4. The van der Waals surface area contributed by atoms with Gasteiger partial charge in [0.05, 0.1) is 6.42 Å². The predicted octanol–water partition coefficient (Wildman–Crippen LogP) is 1.90. The molecule has 1 aromatic rings. The summed E-state index contributed by atoms with van der Waals surface area (Å²) in [5.74, 6) is 0.117. The summed E-state index contributed by atoms with van der Waals surface area (Å²) in [6.45, 7) is 0.170. The molecule has 1 saturated carbocycles. The first-order valence-electron chi connectivity index (χ1n) is 6.27. The molecule has 0 unspecified atom stereocenters.